The minimum atomic E-state index is -5.15. The fraction of sp³-hybridized carbons (Fsp3) is 0.214. The number of carbonyl (C=O) groups is 2. The third-order valence-corrected chi connectivity index (χ3v) is 6.63. The molecule has 0 bridgehead atoms. The van der Waals surface area contributed by atoms with Gasteiger partial charge < -0.3 is 10.1 Å². The van der Waals surface area contributed by atoms with Gasteiger partial charge in [-0.2, -0.15) is 13.2 Å². The smallest absolute Gasteiger partial charge is 0.471 e. The molecular weight excluding hydrogens is 469 g/mol. The van der Waals surface area contributed by atoms with Crippen LogP contribution >= 0.6 is 0 Å². The van der Waals surface area contributed by atoms with Gasteiger partial charge in [0.2, 0.25) is 0 Å². The number of alkyl halides is 3. The van der Waals surface area contributed by atoms with Crippen molar-refractivity contribution >= 4 is 23.1 Å². The normalized spacial score (nSPS) is 19.7. The van der Waals surface area contributed by atoms with E-state index in [2.05, 4.69) is 5.32 Å². The molecule has 1 aliphatic carbocycles. The summed E-state index contributed by atoms with van der Waals surface area (Å²) in [5, 5.41) is 3.22. The molecule has 0 saturated carbocycles. The molecule has 3 aromatic rings. The van der Waals surface area contributed by atoms with Gasteiger partial charge in [-0.1, -0.05) is 54.6 Å². The van der Waals surface area contributed by atoms with Gasteiger partial charge in [0.25, 0.3) is 0 Å². The summed E-state index contributed by atoms with van der Waals surface area (Å²) in [6.45, 7) is 0. The van der Waals surface area contributed by atoms with E-state index in [4.69, 9.17) is 4.74 Å². The molecule has 1 aliphatic heterocycles. The zero-order valence-corrected chi connectivity index (χ0v) is 19.4. The number of rotatable bonds is 3. The van der Waals surface area contributed by atoms with E-state index in [1.54, 1.807) is 42.5 Å². The molecule has 1 amide bonds. The molecule has 36 heavy (non-hydrogen) atoms. The van der Waals surface area contributed by atoms with Crippen molar-refractivity contribution in [3.05, 3.63) is 101 Å². The molecule has 1 heterocycles. The first-order valence-corrected chi connectivity index (χ1v) is 11.5. The topological polar surface area (TPSA) is 58.6 Å². The van der Waals surface area contributed by atoms with Crippen LogP contribution in [0, 0.1) is 0 Å². The van der Waals surface area contributed by atoms with Crippen molar-refractivity contribution in [3.63, 3.8) is 0 Å². The van der Waals surface area contributed by atoms with Gasteiger partial charge in [-0.25, -0.2) is 0 Å². The number of amides is 1. The fourth-order valence-corrected chi connectivity index (χ4v) is 5.04. The van der Waals surface area contributed by atoms with Gasteiger partial charge >= 0.3 is 12.1 Å². The van der Waals surface area contributed by atoms with Crippen LogP contribution in [-0.2, 0) is 9.59 Å². The number of ether oxygens (including phenoxy) is 1. The van der Waals surface area contributed by atoms with Crippen LogP contribution in [0.1, 0.15) is 35.9 Å². The minimum absolute atomic E-state index is 0.0473. The van der Waals surface area contributed by atoms with Gasteiger partial charge in [0.1, 0.15) is 5.75 Å². The van der Waals surface area contributed by atoms with Crippen LogP contribution in [-0.4, -0.2) is 25.0 Å². The molecule has 1 N–H and O–H groups in total. The number of methoxy groups -OCH3 is 1. The van der Waals surface area contributed by atoms with E-state index in [0.29, 0.717) is 34.0 Å². The number of nitrogens with one attached hydrogen (secondary N) is 1. The van der Waals surface area contributed by atoms with E-state index < -0.39 is 18.1 Å². The van der Waals surface area contributed by atoms with E-state index in [1.165, 1.54) is 13.2 Å². The third kappa shape index (κ3) is 4.23. The number of benzene rings is 3. The lowest BCUT2D eigenvalue weighted by molar-refractivity contribution is -0.170. The number of Topliss-reactive ketones (excluding diaryl/α,β-unsaturated/α-hetero) is 1. The number of para-hydroxylation sites is 2. The first kappa shape index (κ1) is 23.7. The maximum Gasteiger partial charge on any atom is 0.471 e. The van der Waals surface area contributed by atoms with Gasteiger partial charge in [0.05, 0.1) is 24.5 Å². The Morgan fingerprint density at radius 2 is 1.64 bits per heavy atom. The first-order chi connectivity index (χ1) is 17.3. The second kappa shape index (κ2) is 9.18. The number of fused-ring (bicyclic) bond motifs is 1. The number of halogens is 3. The summed E-state index contributed by atoms with van der Waals surface area (Å²) in [6, 6.07) is 21.0. The molecule has 5 rings (SSSR count). The molecule has 0 spiro atoms. The van der Waals surface area contributed by atoms with Crippen LogP contribution < -0.4 is 15.0 Å². The Hall–Kier alpha value is -4.07. The Kier molecular flexibility index (Phi) is 6.04. The Morgan fingerprint density at radius 3 is 2.36 bits per heavy atom. The van der Waals surface area contributed by atoms with Crippen LogP contribution in [0.5, 0.6) is 5.75 Å². The van der Waals surface area contributed by atoms with Crippen molar-refractivity contribution in [1.82, 2.24) is 0 Å². The second-order valence-corrected chi connectivity index (χ2v) is 8.83. The summed E-state index contributed by atoms with van der Waals surface area (Å²) in [5.74, 6) is -2.09. The molecule has 2 aliphatic rings. The summed E-state index contributed by atoms with van der Waals surface area (Å²) in [6.07, 6.45) is -4.62. The summed E-state index contributed by atoms with van der Waals surface area (Å²) < 4.78 is 47.2. The molecular formula is C28H23F3N2O3. The van der Waals surface area contributed by atoms with Crippen LogP contribution in [0.15, 0.2) is 90.1 Å². The lowest BCUT2D eigenvalue weighted by atomic mass is 9.78. The predicted octanol–water partition coefficient (Wildman–Crippen LogP) is 6.16. The number of hydrogen-bond acceptors (Lipinski definition) is 4. The maximum absolute atomic E-state index is 14.0. The molecule has 2 atom stereocenters. The Balaban J connectivity index is 1.75. The number of hydrogen-bond donors (Lipinski definition) is 1. The lowest BCUT2D eigenvalue weighted by Gasteiger charge is -2.35. The molecule has 0 saturated heterocycles. The number of anilines is 2. The summed E-state index contributed by atoms with van der Waals surface area (Å²) in [5.41, 5.74) is 2.37. The van der Waals surface area contributed by atoms with E-state index in [1.807, 2.05) is 30.3 Å². The zero-order valence-electron chi connectivity index (χ0n) is 19.4. The van der Waals surface area contributed by atoms with Crippen LogP contribution in [0.2, 0.25) is 0 Å². The third-order valence-electron chi connectivity index (χ3n) is 6.63. The highest BCUT2D eigenvalue weighted by molar-refractivity contribution is 6.07. The van der Waals surface area contributed by atoms with Crippen LogP contribution in [0.4, 0.5) is 24.5 Å². The highest BCUT2D eigenvalue weighted by Gasteiger charge is 2.50. The molecule has 0 radical (unpaired) electrons. The van der Waals surface area contributed by atoms with Crippen molar-refractivity contribution in [3.8, 4) is 5.75 Å². The van der Waals surface area contributed by atoms with Gasteiger partial charge in [-0.15, -0.1) is 0 Å². The number of allylic oxidation sites excluding steroid dienone is 1. The highest BCUT2D eigenvalue weighted by Crippen LogP contribution is 2.48. The SMILES string of the molecule is COc1cccc([C@H]2C3=C(C[C@H](c4ccccc4)CC3=O)Nc3ccccc3N2C(=O)C(F)(F)F)c1. The molecule has 0 fully saturated rings. The Morgan fingerprint density at radius 1 is 0.944 bits per heavy atom. The van der Waals surface area contributed by atoms with Crippen molar-refractivity contribution in [2.75, 3.05) is 17.3 Å². The average Bonchev–Trinajstić information content (AvgIpc) is 3.02. The van der Waals surface area contributed by atoms with Gasteiger partial charge in [-0.3, -0.25) is 14.5 Å². The highest BCUT2D eigenvalue weighted by atomic mass is 19.4. The summed E-state index contributed by atoms with van der Waals surface area (Å²) >= 11 is 0. The molecule has 0 unspecified atom stereocenters. The van der Waals surface area contributed by atoms with Gasteiger partial charge in [0.15, 0.2) is 5.78 Å². The van der Waals surface area contributed by atoms with Crippen molar-refractivity contribution < 1.29 is 27.5 Å². The zero-order chi connectivity index (χ0) is 25.4. The standard InChI is InChI=1S/C28H23F3N2O3/c1-36-20-11-7-10-18(14-20)26-25-22(15-19(16-24(25)34)17-8-3-2-4-9-17)32-21-12-5-6-13-23(21)33(26)27(35)28(29,30)31/h2-14,19,26,32H,15-16H2,1H3/t19-,26-/m0/s1. The van der Waals surface area contributed by atoms with Crippen molar-refractivity contribution in [2.24, 2.45) is 0 Å². The summed E-state index contributed by atoms with van der Waals surface area (Å²) in [4.78, 5) is 27.4. The molecule has 0 aromatic heterocycles. The first-order valence-electron chi connectivity index (χ1n) is 11.5. The number of nitrogens with zero attached hydrogens (tertiary/aromatic N) is 1. The van der Waals surface area contributed by atoms with E-state index >= 15 is 0 Å². The Labute approximate surface area is 206 Å². The minimum Gasteiger partial charge on any atom is -0.497 e. The largest absolute Gasteiger partial charge is 0.497 e. The molecule has 8 heteroatoms. The van der Waals surface area contributed by atoms with Crippen LogP contribution in [0.25, 0.3) is 0 Å². The van der Waals surface area contributed by atoms with Gasteiger partial charge in [0, 0.05) is 17.7 Å². The fourth-order valence-electron chi connectivity index (χ4n) is 5.04. The average molecular weight is 492 g/mol. The Bertz CT molecular complexity index is 1350. The maximum atomic E-state index is 14.0. The number of carbonyl (C=O) groups excluding carboxylic acids is 2. The van der Waals surface area contributed by atoms with E-state index in [9.17, 15) is 22.8 Å². The van der Waals surface area contributed by atoms with Gasteiger partial charge in [-0.05, 0) is 47.7 Å². The van der Waals surface area contributed by atoms with Crippen molar-refractivity contribution in [2.45, 2.75) is 31.0 Å². The molecule has 5 nitrogen and oxygen atoms in total. The van der Waals surface area contributed by atoms with Crippen molar-refractivity contribution in [1.29, 1.82) is 0 Å². The number of ketones is 1. The van der Waals surface area contributed by atoms with E-state index in [-0.39, 0.29) is 29.4 Å². The molecule has 184 valence electrons. The predicted molar refractivity (Wildman–Crippen MR) is 130 cm³/mol. The molecule has 3 aromatic carbocycles. The van der Waals surface area contributed by atoms with Crippen LogP contribution in [0.3, 0.4) is 0 Å². The summed E-state index contributed by atoms with van der Waals surface area (Å²) in [7, 11) is 1.45. The monoisotopic (exact) mass is 492 g/mol. The quantitative estimate of drug-likeness (QED) is 0.476. The second-order valence-electron chi connectivity index (χ2n) is 8.83. The lowest BCUT2D eigenvalue weighted by Crippen LogP contribution is -2.45. The van der Waals surface area contributed by atoms with E-state index in [0.717, 1.165) is 5.56 Å².